The number of carbonyl (C=O) groups is 3. The molecule has 8 heteroatoms. The third-order valence-corrected chi connectivity index (χ3v) is 6.56. The molecule has 0 aliphatic carbocycles. The number of hydrogen-bond acceptors (Lipinski definition) is 7. The Morgan fingerprint density at radius 1 is 0.800 bits per heavy atom. The molecule has 1 aromatic heterocycles. The summed E-state index contributed by atoms with van der Waals surface area (Å²) in [6.07, 6.45) is 1.21. The molecule has 0 fully saturated rings. The van der Waals surface area contributed by atoms with Gasteiger partial charge in [0.15, 0.2) is 0 Å². The number of rotatable bonds is 6. The van der Waals surface area contributed by atoms with Gasteiger partial charge in [0.25, 0.3) is 11.8 Å². The first kappa shape index (κ1) is 24.8. The number of nitrogens with zero attached hydrogens (tertiary/aromatic N) is 1. The van der Waals surface area contributed by atoms with Crippen LogP contribution < -0.4 is 14.9 Å². The Balaban J connectivity index is 1.20. The maximum absolute atomic E-state index is 13.0. The minimum Gasteiger partial charge on any atom is -0.460 e. The zero-order valence-electron chi connectivity index (χ0n) is 21.2. The molecule has 5 aromatic rings. The summed E-state index contributed by atoms with van der Waals surface area (Å²) < 4.78 is 16.8. The van der Waals surface area contributed by atoms with E-state index in [0.717, 1.165) is 16.0 Å². The molecule has 1 aliphatic heterocycles. The van der Waals surface area contributed by atoms with Crippen LogP contribution in [0.25, 0.3) is 11.0 Å². The van der Waals surface area contributed by atoms with E-state index in [1.54, 1.807) is 12.1 Å². The molecule has 0 atom stereocenters. The summed E-state index contributed by atoms with van der Waals surface area (Å²) in [5.41, 5.74) is 2.18. The summed E-state index contributed by atoms with van der Waals surface area (Å²) in [5, 5.41) is 0.254. The van der Waals surface area contributed by atoms with Gasteiger partial charge in [-0.3, -0.25) is 19.3 Å². The average molecular weight is 532 g/mol. The summed E-state index contributed by atoms with van der Waals surface area (Å²) in [7, 11) is 0. The Bertz CT molecular complexity index is 1860. The monoisotopic (exact) mass is 531 g/mol. The molecule has 0 spiro atoms. The minimum atomic E-state index is -0.731. The van der Waals surface area contributed by atoms with E-state index in [2.05, 4.69) is 0 Å². The molecule has 40 heavy (non-hydrogen) atoms. The number of ether oxygens (including phenoxy) is 2. The molecule has 2 amide bonds. The van der Waals surface area contributed by atoms with Crippen LogP contribution in [-0.4, -0.2) is 22.7 Å². The third kappa shape index (κ3) is 4.63. The second kappa shape index (κ2) is 9.99. The van der Waals surface area contributed by atoms with E-state index in [4.69, 9.17) is 13.9 Å². The van der Waals surface area contributed by atoms with Crippen LogP contribution in [-0.2, 0) is 6.54 Å². The van der Waals surface area contributed by atoms with Crippen molar-refractivity contribution in [2.24, 2.45) is 0 Å². The summed E-state index contributed by atoms with van der Waals surface area (Å²) in [6, 6.07) is 25.0. The fourth-order valence-corrected chi connectivity index (χ4v) is 4.45. The maximum Gasteiger partial charge on any atom is 0.343 e. The molecule has 6 rings (SSSR count). The Hall–Kier alpha value is -5.50. The van der Waals surface area contributed by atoms with Crippen molar-refractivity contribution in [1.82, 2.24) is 4.90 Å². The Labute approximate surface area is 228 Å². The van der Waals surface area contributed by atoms with Crippen molar-refractivity contribution in [3.63, 3.8) is 0 Å². The highest BCUT2D eigenvalue weighted by atomic mass is 16.5. The summed E-state index contributed by atoms with van der Waals surface area (Å²) >= 11 is 0. The average Bonchev–Trinajstić information content (AvgIpc) is 3.20. The molecule has 8 nitrogen and oxygen atoms in total. The van der Waals surface area contributed by atoms with Gasteiger partial charge in [0, 0.05) is 6.07 Å². The van der Waals surface area contributed by atoms with Gasteiger partial charge in [-0.2, -0.15) is 0 Å². The van der Waals surface area contributed by atoms with E-state index < -0.39 is 17.8 Å². The molecule has 0 saturated heterocycles. The second-order valence-electron chi connectivity index (χ2n) is 9.33. The van der Waals surface area contributed by atoms with Crippen LogP contribution in [0, 0.1) is 6.92 Å². The van der Waals surface area contributed by atoms with Crippen LogP contribution in [0.2, 0.25) is 0 Å². The van der Waals surface area contributed by atoms with E-state index in [1.807, 2.05) is 49.4 Å². The van der Waals surface area contributed by atoms with Gasteiger partial charge in [-0.1, -0.05) is 48.0 Å². The summed E-state index contributed by atoms with van der Waals surface area (Å²) in [4.78, 5) is 52.8. The Morgan fingerprint density at radius 2 is 1.52 bits per heavy atom. The van der Waals surface area contributed by atoms with Crippen LogP contribution in [0.15, 0.2) is 106 Å². The Kier molecular flexibility index (Phi) is 6.20. The molecule has 1 aliphatic rings. The normalized spacial score (nSPS) is 12.5. The SMILES string of the molecule is Cc1ccc(Oc2coc3cc(OC(=O)c4ccc5c(c4)C(=O)N(Cc4ccccc4)C5=O)ccc3c2=O)cc1. The van der Waals surface area contributed by atoms with Gasteiger partial charge < -0.3 is 13.9 Å². The third-order valence-electron chi connectivity index (χ3n) is 6.56. The largest absolute Gasteiger partial charge is 0.460 e. The highest BCUT2D eigenvalue weighted by molar-refractivity contribution is 6.21. The minimum absolute atomic E-state index is 0.0276. The van der Waals surface area contributed by atoms with E-state index in [-0.39, 0.29) is 51.1 Å². The number of aryl methyl sites for hydroxylation is 1. The van der Waals surface area contributed by atoms with E-state index in [1.165, 1.54) is 42.7 Å². The number of benzene rings is 4. The van der Waals surface area contributed by atoms with E-state index in [9.17, 15) is 19.2 Å². The van der Waals surface area contributed by atoms with Crippen molar-refractivity contribution in [1.29, 1.82) is 0 Å². The zero-order chi connectivity index (χ0) is 27.8. The first-order valence-electron chi connectivity index (χ1n) is 12.4. The van der Waals surface area contributed by atoms with Crippen molar-refractivity contribution in [2.45, 2.75) is 13.5 Å². The van der Waals surface area contributed by atoms with Gasteiger partial charge in [-0.05, 0) is 55.0 Å². The molecule has 0 saturated carbocycles. The molecule has 0 bridgehead atoms. The predicted molar refractivity (Wildman–Crippen MR) is 146 cm³/mol. The smallest absolute Gasteiger partial charge is 0.343 e. The van der Waals surface area contributed by atoms with Crippen LogP contribution in [0.1, 0.15) is 42.2 Å². The molecule has 196 valence electrons. The fraction of sp³-hybridized carbons (Fsp3) is 0.0625. The van der Waals surface area contributed by atoms with Gasteiger partial charge in [-0.15, -0.1) is 0 Å². The van der Waals surface area contributed by atoms with Gasteiger partial charge in [0.1, 0.15) is 23.3 Å². The molecular formula is C32H21NO7. The van der Waals surface area contributed by atoms with Gasteiger partial charge in [0.2, 0.25) is 11.2 Å². The number of esters is 1. The quantitative estimate of drug-likeness (QED) is 0.152. The lowest BCUT2D eigenvalue weighted by molar-refractivity contribution is 0.0641. The maximum atomic E-state index is 13.0. The lowest BCUT2D eigenvalue weighted by Gasteiger charge is -2.13. The highest BCUT2D eigenvalue weighted by Crippen LogP contribution is 2.28. The number of hydrogen-bond donors (Lipinski definition) is 0. The van der Waals surface area contributed by atoms with Gasteiger partial charge in [-0.25, -0.2) is 4.79 Å². The van der Waals surface area contributed by atoms with Crippen molar-refractivity contribution in [3.05, 3.63) is 135 Å². The molecule has 2 heterocycles. The van der Waals surface area contributed by atoms with Crippen molar-refractivity contribution in [2.75, 3.05) is 0 Å². The Morgan fingerprint density at radius 3 is 2.30 bits per heavy atom. The van der Waals surface area contributed by atoms with Crippen LogP contribution >= 0.6 is 0 Å². The number of amides is 2. The fourth-order valence-electron chi connectivity index (χ4n) is 4.45. The van der Waals surface area contributed by atoms with Gasteiger partial charge in [0.05, 0.1) is 28.6 Å². The van der Waals surface area contributed by atoms with Crippen LogP contribution in [0.3, 0.4) is 0 Å². The van der Waals surface area contributed by atoms with E-state index in [0.29, 0.717) is 5.75 Å². The molecule has 0 unspecified atom stereocenters. The number of carbonyl (C=O) groups excluding carboxylic acids is 3. The number of fused-ring (bicyclic) bond motifs is 2. The van der Waals surface area contributed by atoms with E-state index >= 15 is 0 Å². The standard InChI is InChI=1S/C32H21NO7/c1-19-7-10-22(11-8-19)39-28-18-38-27-16-23(12-14-25(27)29(28)34)40-32(37)21-9-13-24-26(15-21)31(36)33(30(24)35)17-20-5-3-2-4-6-20/h2-16,18H,17H2,1H3. The summed E-state index contributed by atoms with van der Waals surface area (Å²) in [5.74, 6) is -0.957. The van der Waals surface area contributed by atoms with Gasteiger partial charge >= 0.3 is 5.97 Å². The van der Waals surface area contributed by atoms with Crippen LogP contribution in [0.5, 0.6) is 17.2 Å². The molecular weight excluding hydrogens is 510 g/mol. The zero-order valence-corrected chi connectivity index (χ0v) is 21.2. The second-order valence-corrected chi connectivity index (χ2v) is 9.33. The van der Waals surface area contributed by atoms with Crippen molar-refractivity contribution >= 4 is 28.8 Å². The van der Waals surface area contributed by atoms with Crippen LogP contribution in [0.4, 0.5) is 0 Å². The number of imide groups is 1. The predicted octanol–water partition coefficient (Wildman–Crippen LogP) is 5.91. The van der Waals surface area contributed by atoms with Crippen molar-refractivity contribution in [3.8, 4) is 17.2 Å². The molecule has 0 N–H and O–H groups in total. The topological polar surface area (TPSA) is 103 Å². The first-order valence-corrected chi connectivity index (χ1v) is 12.4. The highest BCUT2D eigenvalue weighted by Gasteiger charge is 2.36. The molecule has 4 aromatic carbocycles. The lowest BCUT2D eigenvalue weighted by Crippen LogP contribution is -2.29. The van der Waals surface area contributed by atoms with Crippen molar-refractivity contribution < 1.29 is 28.3 Å². The first-order chi connectivity index (χ1) is 19.4. The molecule has 0 radical (unpaired) electrons. The summed E-state index contributed by atoms with van der Waals surface area (Å²) in [6.45, 7) is 2.08. The lowest BCUT2D eigenvalue weighted by atomic mass is 10.1.